The summed E-state index contributed by atoms with van der Waals surface area (Å²) < 4.78 is 10.3. The summed E-state index contributed by atoms with van der Waals surface area (Å²) >= 11 is 0. The molecule has 0 atom stereocenters. The SMILES string of the molecule is Cc1c(C(=O)O)noc1-c1ccc2occc2c1. The van der Waals surface area contributed by atoms with Crippen LogP contribution in [0.5, 0.6) is 0 Å². The number of carbonyl (C=O) groups is 1. The molecule has 0 aliphatic carbocycles. The highest BCUT2D eigenvalue weighted by molar-refractivity contribution is 5.90. The van der Waals surface area contributed by atoms with Crippen LogP contribution >= 0.6 is 0 Å². The number of hydrogen-bond donors (Lipinski definition) is 1. The fourth-order valence-corrected chi connectivity index (χ4v) is 1.91. The van der Waals surface area contributed by atoms with Crippen molar-refractivity contribution in [2.45, 2.75) is 6.92 Å². The average Bonchev–Trinajstić information content (AvgIpc) is 2.93. The fraction of sp³-hybridized carbons (Fsp3) is 0.0769. The number of rotatable bonds is 2. The van der Waals surface area contributed by atoms with Crippen molar-refractivity contribution < 1.29 is 18.8 Å². The van der Waals surface area contributed by atoms with Crippen LogP contribution in [0.3, 0.4) is 0 Å². The van der Waals surface area contributed by atoms with E-state index in [0.717, 1.165) is 16.5 Å². The van der Waals surface area contributed by atoms with E-state index in [9.17, 15) is 4.79 Å². The summed E-state index contributed by atoms with van der Waals surface area (Å²) in [5, 5.41) is 13.4. The minimum Gasteiger partial charge on any atom is -0.476 e. The molecule has 1 N–H and O–H groups in total. The lowest BCUT2D eigenvalue weighted by molar-refractivity contribution is 0.0685. The molecule has 90 valence electrons. The highest BCUT2D eigenvalue weighted by Gasteiger charge is 2.19. The van der Waals surface area contributed by atoms with Crippen molar-refractivity contribution in [1.82, 2.24) is 5.16 Å². The van der Waals surface area contributed by atoms with Gasteiger partial charge in [-0.1, -0.05) is 5.16 Å². The van der Waals surface area contributed by atoms with E-state index in [1.54, 1.807) is 13.2 Å². The fourth-order valence-electron chi connectivity index (χ4n) is 1.91. The Balaban J connectivity index is 2.16. The predicted octanol–water partition coefficient (Wildman–Crippen LogP) is 3.09. The van der Waals surface area contributed by atoms with E-state index in [4.69, 9.17) is 14.0 Å². The highest BCUT2D eigenvalue weighted by Crippen LogP contribution is 2.28. The van der Waals surface area contributed by atoms with Crippen LogP contribution in [0, 0.1) is 6.92 Å². The second-order valence-corrected chi connectivity index (χ2v) is 3.96. The van der Waals surface area contributed by atoms with E-state index < -0.39 is 5.97 Å². The molecule has 5 heteroatoms. The van der Waals surface area contributed by atoms with E-state index in [1.807, 2.05) is 24.3 Å². The molecule has 1 aromatic carbocycles. The minimum atomic E-state index is -1.09. The van der Waals surface area contributed by atoms with Gasteiger partial charge in [-0.2, -0.15) is 0 Å². The van der Waals surface area contributed by atoms with E-state index in [1.165, 1.54) is 0 Å². The molecule has 0 spiro atoms. The Labute approximate surface area is 102 Å². The van der Waals surface area contributed by atoms with Crippen molar-refractivity contribution in [2.24, 2.45) is 0 Å². The van der Waals surface area contributed by atoms with Crippen LogP contribution in [0.15, 0.2) is 39.5 Å². The van der Waals surface area contributed by atoms with Gasteiger partial charge in [0, 0.05) is 16.5 Å². The maximum Gasteiger partial charge on any atom is 0.358 e. The van der Waals surface area contributed by atoms with Crippen LogP contribution in [-0.2, 0) is 0 Å². The molecule has 18 heavy (non-hydrogen) atoms. The summed E-state index contributed by atoms with van der Waals surface area (Å²) in [6.45, 7) is 1.68. The largest absolute Gasteiger partial charge is 0.476 e. The second kappa shape index (κ2) is 3.73. The number of nitrogens with zero attached hydrogens (tertiary/aromatic N) is 1. The van der Waals surface area contributed by atoms with Crippen LogP contribution in [0.25, 0.3) is 22.3 Å². The predicted molar refractivity (Wildman–Crippen MR) is 63.4 cm³/mol. The molecule has 0 radical (unpaired) electrons. The lowest BCUT2D eigenvalue weighted by Crippen LogP contribution is -1.98. The van der Waals surface area contributed by atoms with Gasteiger partial charge in [-0.3, -0.25) is 0 Å². The first-order valence-corrected chi connectivity index (χ1v) is 5.34. The second-order valence-electron chi connectivity index (χ2n) is 3.96. The highest BCUT2D eigenvalue weighted by atomic mass is 16.5. The molecule has 2 heterocycles. The molecule has 0 amide bonds. The van der Waals surface area contributed by atoms with Crippen molar-refractivity contribution in [2.75, 3.05) is 0 Å². The summed E-state index contributed by atoms with van der Waals surface area (Å²) in [6.07, 6.45) is 1.60. The minimum absolute atomic E-state index is 0.0581. The molecule has 2 aromatic heterocycles. The Bertz CT molecular complexity index is 738. The van der Waals surface area contributed by atoms with Gasteiger partial charge in [0.25, 0.3) is 0 Å². The molecule has 3 aromatic rings. The average molecular weight is 243 g/mol. The quantitative estimate of drug-likeness (QED) is 0.748. The zero-order valence-corrected chi connectivity index (χ0v) is 9.51. The van der Waals surface area contributed by atoms with Crippen molar-refractivity contribution in [1.29, 1.82) is 0 Å². The van der Waals surface area contributed by atoms with Gasteiger partial charge < -0.3 is 14.0 Å². The first kappa shape index (κ1) is 10.6. The van der Waals surface area contributed by atoms with Crippen LogP contribution in [-0.4, -0.2) is 16.2 Å². The molecule has 0 bridgehead atoms. The Morgan fingerprint density at radius 2 is 2.17 bits per heavy atom. The number of hydrogen-bond acceptors (Lipinski definition) is 4. The summed E-state index contributed by atoms with van der Waals surface area (Å²) in [5.41, 5.74) is 2.01. The number of furan rings is 1. The van der Waals surface area contributed by atoms with Gasteiger partial charge in [0.05, 0.1) is 6.26 Å². The van der Waals surface area contributed by atoms with Crippen LogP contribution in [0.1, 0.15) is 16.1 Å². The van der Waals surface area contributed by atoms with Gasteiger partial charge in [0.1, 0.15) is 5.58 Å². The molecular weight excluding hydrogens is 234 g/mol. The molecule has 0 saturated carbocycles. The third-order valence-electron chi connectivity index (χ3n) is 2.84. The molecule has 3 rings (SSSR count). The molecule has 0 fully saturated rings. The smallest absolute Gasteiger partial charge is 0.358 e. The summed E-state index contributed by atoms with van der Waals surface area (Å²) in [5.74, 6) is -0.623. The van der Waals surface area contributed by atoms with Gasteiger partial charge in [-0.05, 0) is 31.2 Å². The van der Waals surface area contributed by atoms with Crippen molar-refractivity contribution in [3.63, 3.8) is 0 Å². The topological polar surface area (TPSA) is 76.5 Å². The summed E-state index contributed by atoms with van der Waals surface area (Å²) in [4.78, 5) is 10.9. The third-order valence-corrected chi connectivity index (χ3v) is 2.84. The number of benzene rings is 1. The van der Waals surface area contributed by atoms with E-state index in [0.29, 0.717) is 11.3 Å². The normalized spacial score (nSPS) is 10.9. The standard InChI is InChI=1S/C13H9NO4/c1-7-11(13(15)16)14-18-12(7)9-2-3-10-8(6-9)4-5-17-10/h2-6H,1H3,(H,15,16). The van der Waals surface area contributed by atoms with Gasteiger partial charge in [-0.15, -0.1) is 0 Å². The monoisotopic (exact) mass is 243 g/mol. The maximum atomic E-state index is 10.9. The Morgan fingerprint density at radius 1 is 1.33 bits per heavy atom. The summed E-state index contributed by atoms with van der Waals surface area (Å²) in [7, 11) is 0. The number of carboxylic acids is 1. The zero-order valence-electron chi connectivity index (χ0n) is 9.51. The molecular formula is C13H9NO4. The van der Waals surface area contributed by atoms with Gasteiger partial charge in [0.2, 0.25) is 0 Å². The van der Waals surface area contributed by atoms with Gasteiger partial charge in [-0.25, -0.2) is 4.79 Å². The van der Waals surface area contributed by atoms with Crippen LogP contribution in [0.4, 0.5) is 0 Å². The first-order chi connectivity index (χ1) is 8.66. The van der Waals surface area contributed by atoms with E-state index in [2.05, 4.69) is 5.16 Å². The Hall–Kier alpha value is -2.56. The molecule has 0 aliphatic rings. The maximum absolute atomic E-state index is 10.9. The molecule has 0 aliphatic heterocycles. The number of aromatic carboxylic acids is 1. The molecule has 0 saturated heterocycles. The first-order valence-electron chi connectivity index (χ1n) is 5.34. The lowest BCUT2D eigenvalue weighted by Gasteiger charge is -1.97. The molecule has 5 nitrogen and oxygen atoms in total. The zero-order chi connectivity index (χ0) is 12.7. The number of fused-ring (bicyclic) bond motifs is 1. The van der Waals surface area contributed by atoms with Crippen LogP contribution in [0.2, 0.25) is 0 Å². The third kappa shape index (κ3) is 1.48. The van der Waals surface area contributed by atoms with Crippen molar-refractivity contribution >= 4 is 16.9 Å². The van der Waals surface area contributed by atoms with Crippen LogP contribution < -0.4 is 0 Å². The van der Waals surface area contributed by atoms with Gasteiger partial charge >= 0.3 is 5.97 Å². The van der Waals surface area contributed by atoms with Crippen molar-refractivity contribution in [3.8, 4) is 11.3 Å². The number of carboxylic acid groups (broad SMARTS) is 1. The molecule has 0 unspecified atom stereocenters. The number of aromatic nitrogens is 1. The van der Waals surface area contributed by atoms with Gasteiger partial charge in [0.15, 0.2) is 11.5 Å². The van der Waals surface area contributed by atoms with E-state index >= 15 is 0 Å². The Morgan fingerprint density at radius 3 is 2.89 bits per heavy atom. The Kier molecular flexibility index (Phi) is 2.19. The van der Waals surface area contributed by atoms with E-state index in [-0.39, 0.29) is 5.69 Å². The summed E-state index contributed by atoms with van der Waals surface area (Å²) in [6, 6.07) is 7.33. The van der Waals surface area contributed by atoms with Crippen molar-refractivity contribution in [3.05, 3.63) is 41.8 Å². The lowest BCUT2D eigenvalue weighted by atomic mass is 10.1.